The standard InChI is InChI=1S/C22H23BrN4O5S/c1-14-12-15(2)25-22(24-14)27-33(29,30)18-7-5-17(6-8-18)26-21(28)16-4-9-20(19(23)13-16)32-11-10-31-3/h4-9,12-13H,10-11H2,1-3H3,(H,26,28)(H,24,25,27). The predicted molar refractivity (Wildman–Crippen MR) is 128 cm³/mol. The monoisotopic (exact) mass is 534 g/mol. The van der Waals surface area contributed by atoms with E-state index in [9.17, 15) is 13.2 Å². The van der Waals surface area contributed by atoms with Gasteiger partial charge in [-0.25, -0.2) is 23.1 Å². The Morgan fingerprint density at radius 2 is 1.67 bits per heavy atom. The molecule has 0 unspecified atom stereocenters. The van der Waals surface area contributed by atoms with Crippen LogP contribution >= 0.6 is 15.9 Å². The highest BCUT2D eigenvalue weighted by molar-refractivity contribution is 9.10. The molecular formula is C22H23BrN4O5S. The number of amides is 1. The Balaban J connectivity index is 1.67. The third kappa shape index (κ3) is 6.73. The number of sulfonamides is 1. The van der Waals surface area contributed by atoms with Gasteiger partial charge in [-0.05, 0) is 78.3 Å². The van der Waals surface area contributed by atoms with Crippen LogP contribution < -0.4 is 14.8 Å². The van der Waals surface area contributed by atoms with Crippen molar-refractivity contribution < 1.29 is 22.7 Å². The molecule has 0 aliphatic rings. The second-order valence-corrected chi connectivity index (χ2v) is 9.58. The number of ether oxygens (including phenoxy) is 2. The molecule has 0 radical (unpaired) electrons. The van der Waals surface area contributed by atoms with Crippen molar-refractivity contribution in [1.82, 2.24) is 9.97 Å². The molecule has 11 heteroatoms. The van der Waals surface area contributed by atoms with E-state index >= 15 is 0 Å². The van der Waals surface area contributed by atoms with Crippen LogP contribution in [0, 0.1) is 13.8 Å². The fourth-order valence-corrected chi connectivity index (χ4v) is 4.30. The molecule has 0 spiro atoms. The van der Waals surface area contributed by atoms with Gasteiger partial charge in [0.15, 0.2) is 0 Å². The van der Waals surface area contributed by atoms with Gasteiger partial charge < -0.3 is 14.8 Å². The summed E-state index contributed by atoms with van der Waals surface area (Å²) in [5.74, 6) is 0.250. The normalized spacial score (nSPS) is 11.2. The lowest BCUT2D eigenvalue weighted by Gasteiger charge is -2.11. The summed E-state index contributed by atoms with van der Waals surface area (Å²) in [4.78, 5) is 20.8. The number of nitrogens with one attached hydrogen (secondary N) is 2. The highest BCUT2D eigenvalue weighted by atomic mass is 79.9. The average molecular weight is 535 g/mol. The number of aromatic nitrogens is 2. The third-order valence-electron chi connectivity index (χ3n) is 4.37. The number of halogens is 1. The summed E-state index contributed by atoms with van der Waals surface area (Å²) in [6, 6.07) is 12.5. The molecule has 1 heterocycles. The van der Waals surface area contributed by atoms with E-state index in [4.69, 9.17) is 9.47 Å². The molecule has 2 aromatic carbocycles. The molecule has 0 atom stereocenters. The molecule has 9 nitrogen and oxygen atoms in total. The van der Waals surface area contributed by atoms with Crippen molar-refractivity contribution in [2.45, 2.75) is 18.7 Å². The molecule has 174 valence electrons. The number of methoxy groups -OCH3 is 1. The third-order valence-corrected chi connectivity index (χ3v) is 6.33. The van der Waals surface area contributed by atoms with Crippen molar-refractivity contribution >= 4 is 43.5 Å². The number of carbonyl (C=O) groups is 1. The van der Waals surface area contributed by atoms with Crippen molar-refractivity contribution in [3.05, 3.63) is 70.0 Å². The lowest BCUT2D eigenvalue weighted by atomic mass is 10.2. The number of benzene rings is 2. The smallest absolute Gasteiger partial charge is 0.264 e. The lowest BCUT2D eigenvalue weighted by Crippen LogP contribution is -2.16. The fourth-order valence-electron chi connectivity index (χ4n) is 2.87. The summed E-state index contributed by atoms with van der Waals surface area (Å²) in [6.07, 6.45) is 0. The molecule has 2 N–H and O–H groups in total. The lowest BCUT2D eigenvalue weighted by molar-refractivity contribution is 0.102. The highest BCUT2D eigenvalue weighted by Crippen LogP contribution is 2.26. The van der Waals surface area contributed by atoms with Crippen LogP contribution in [0.25, 0.3) is 0 Å². The van der Waals surface area contributed by atoms with Gasteiger partial charge in [0.25, 0.3) is 15.9 Å². The zero-order chi connectivity index (χ0) is 24.0. The van der Waals surface area contributed by atoms with Gasteiger partial charge in [0.2, 0.25) is 5.95 Å². The Bertz CT molecular complexity index is 1230. The maximum atomic E-state index is 12.6. The first-order chi connectivity index (χ1) is 15.7. The Hall–Kier alpha value is -3.02. The summed E-state index contributed by atoms with van der Waals surface area (Å²) < 4.78 is 38.8. The van der Waals surface area contributed by atoms with Gasteiger partial charge >= 0.3 is 0 Å². The Labute approximate surface area is 200 Å². The van der Waals surface area contributed by atoms with Crippen molar-refractivity contribution in [3.63, 3.8) is 0 Å². The quantitative estimate of drug-likeness (QED) is 0.399. The summed E-state index contributed by atoms with van der Waals surface area (Å²) in [6.45, 7) is 4.35. The molecule has 1 amide bonds. The van der Waals surface area contributed by atoms with Crippen molar-refractivity contribution in [1.29, 1.82) is 0 Å². The van der Waals surface area contributed by atoms with Crippen molar-refractivity contribution in [2.24, 2.45) is 0 Å². The van der Waals surface area contributed by atoms with E-state index in [-0.39, 0.29) is 16.8 Å². The number of carbonyl (C=O) groups excluding carboxylic acids is 1. The van der Waals surface area contributed by atoms with Gasteiger partial charge in [-0.1, -0.05) is 0 Å². The zero-order valence-electron chi connectivity index (χ0n) is 18.3. The minimum absolute atomic E-state index is 0.00472. The molecule has 1 aromatic heterocycles. The van der Waals surface area contributed by atoms with Crippen LogP contribution in [0.5, 0.6) is 5.75 Å². The minimum Gasteiger partial charge on any atom is -0.490 e. The van der Waals surface area contributed by atoms with Crippen LogP contribution in [0.1, 0.15) is 21.7 Å². The fraction of sp³-hybridized carbons (Fsp3) is 0.227. The molecule has 33 heavy (non-hydrogen) atoms. The van der Waals surface area contributed by atoms with Gasteiger partial charge in [-0.15, -0.1) is 0 Å². The van der Waals surface area contributed by atoms with Crippen LogP contribution in [0.2, 0.25) is 0 Å². The van der Waals surface area contributed by atoms with E-state index in [1.807, 2.05) is 0 Å². The molecule has 0 aliphatic heterocycles. The highest BCUT2D eigenvalue weighted by Gasteiger charge is 2.17. The molecule has 3 aromatic rings. The number of hydrogen-bond acceptors (Lipinski definition) is 7. The summed E-state index contributed by atoms with van der Waals surface area (Å²) in [5, 5.41) is 2.74. The largest absolute Gasteiger partial charge is 0.490 e. The van der Waals surface area contributed by atoms with E-state index in [1.165, 1.54) is 24.3 Å². The number of anilines is 2. The van der Waals surface area contributed by atoms with Gasteiger partial charge in [0, 0.05) is 29.7 Å². The van der Waals surface area contributed by atoms with E-state index < -0.39 is 10.0 Å². The molecule has 0 fully saturated rings. The maximum Gasteiger partial charge on any atom is 0.264 e. The van der Waals surface area contributed by atoms with Crippen LogP contribution in [0.3, 0.4) is 0 Å². The number of aryl methyl sites for hydroxylation is 2. The Morgan fingerprint density at radius 1 is 1.00 bits per heavy atom. The number of hydrogen-bond donors (Lipinski definition) is 2. The van der Waals surface area contributed by atoms with Gasteiger partial charge in [0.1, 0.15) is 12.4 Å². The average Bonchev–Trinajstić information content (AvgIpc) is 2.74. The summed E-state index contributed by atoms with van der Waals surface area (Å²) >= 11 is 3.39. The van der Waals surface area contributed by atoms with Crippen LogP contribution in [0.15, 0.2) is 57.9 Å². The predicted octanol–water partition coefficient (Wildman–Crippen LogP) is 3.93. The Kier molecular flexibility index (Phi) is 8.01. The van der Waals surface area contributed by atoms with Crippen LogP contribution in [-0.4, -0.2) is 44.6 Å². The van der Waals surface area contributed by atoms with Gasteiger partial charge in [0.05, 0.1) is 16.0 Å². The first kappa shape index (κ1) is 24.6. The Morgan fingerprint density at radius 3 is 2.27 bits per heavy atom. The first-order valence-electron chi connectivity index (χ1n) is 9.86. The SMILES string of the molecule is COCCOc1ccc(C(=O)Nc2ccc(S(=O)(=O)Nc3nc(C)cc(C)n3)cc2)cc1Br. The van der Waals surface area contributed by atoms with E-state index in [0.29, 0.717) is 46.1 Å². The van der Waals surface area contributed by atoms with Crippen LogP contribution in [0.4, 0.5) is 11.6 Å². The number of nitrogens with zero attached hydrogens (tertiary/aromatic N) is 2. The van der Waals surface area contributed by atoms with E-state index in [2.05, 4.69) is 35.9 Å². The molecule has 0 saturated heterocycles. The van der Waals surface area contributed by atoms with Crippen LogP contribution in [-0.2, 0) is 14.8 Å². The summed E-state index contributed by atoms with van der Waals surface area (Å²) in [7, 11) is -2.29. The maximum absolute atomic E-state index is 12.6. The first-order valence-corrected chi connectivity index (χ1v) is 12.1. The summed E-state index contributed by atoms with van der Waals surface area (Å²) in [5.41, 5.74) is 2.16. The molecular weight excluding hydrogens is 512 g/mol. The molecule has 0 saturated carbocycles. The topological polar surface area (TPSA) is 120 Å². The van der Waals surface area contributed by atoms with E-state index in [1.54, 1.807) is 45.2 Å². The van der Waals surface area contributed by atoms with E-state index in [0.717, 1.165) is 0 Å². The molecule has 0 bridgehead atoms. The minimum atomic E-state index is -3.88. The van der Waals surface area contributed by atoms with Crippen molar-refractivity contribution in [2.75, 3.05) is 30.4 Å². The van der Waals surface area contributed by atoms with Gasteiger partial charge in [-0.3, -0.25) is 4.79 Å². The molecule has 0 aliphatic carbocycles. The second kappa shape index (κ2) is 10.7. The van der Waals surface area contributed by atoms with Gasteiger partial charge in [-0.2, -0.15) is 0 Å². The molecule has 3 rings (SSSR count). The second-order valence-electron chi connectivity index (χ2n) is 7.04. The van der Waals surface area contributed by atoms with Crippen molar-refractivity contribution in [3.8, 4) is 5.75 Å². The number of rotatable bonds is 9. The zero-order valence-corrected chi connectivity index (χ0v) is 20.7.